The molecule has 1 aromatic heterocycles. The van der Waals surface area contributed by atoms with Crippen molar-refractivity contribution in [2.45, 2.75) is 12.1 Å². The maximum Gasteiger partial charge on any atom is 0.325 e. The van der Waals surface area contributed by atoms with E-state index in [2.05, 4.69) is 4.74 Å². The molecular formula is C12H14N2O4. The number of nitrogens with two attached hydrogens (primary N) is 1. The Morgan fingerprint density at radius 2 is 2.44 bits per heavy atom. The molecule has 1 aliphatic rings. The first-order valence-electron chi connectivity index (χ1n) is 5.48. The van der Waals surface area contributed by atoms with E-state index in [9.17, 15) is 9.59 Å². The molecule has 1 aromatic rings. The quantitative estimate of drug-likeness (QED) is 0.600. The second-order valence-corrected chi connectivity index (χ2v) is 3.93. The average molecular weight is 250 g/mol. The molecule has 0 saturated carbocycles. The summed E-state index contributed by atoms with van der Waals surface area (Å²) >= 11 is 0. The van der Waals surface area contributed by atoms with Gasteiger partial charge in [0, 0.05) is 0 Å². The molecule has 0 bridgehead atoms. The Balaban J connectivity index is 2.02. The van der Waals surface area contributed by atoms with Gasteiger partial charge in [-0.2, -0.15) is 0 Å². The van der Waals surface area contributed by atoms with Gasteiger partial charge in [0.25, 0.3) is 0 Å². The van der Waals surface area contributed by atoms with Gasteiger partial charge in [-0.1, -0.05) is 6.08 Å². The Kier molecular flexibility index (Phi) is 3.47. The minimum absolute atomic E-state index is 0.0871. The normalized spacial score (nSPS) is 23.2. The molecule has 6 heteroatoms. The van der Waals surface area contributed by atoms with Gasteiger partial charge in [-0.05, 0) is 18.2 Å². The summed E-state index contributed by atoms with van der Waals surface area (Å²) in [6.07, 6.45) is 5.02. The molecule has 0 spiro atoms. The Labute approximate surface area is 104 Å². The number of amides is 1. The van der Waals surface area contributed by atoms with Crippen LogP contribution >= 0.6 is 0 Å². The molecule has 1 amide bonds. The van der Waals surface area contributed by atoms with E-state index in [4.69, 9.17) is 10.2 Å². The third-order valence-electron chi connectivity index (χ3n) is 2.82. The topological polar surface area (TPSA) is 85.8 Å². The molecule has 0 aliphatic carbocycles. The lowest BCUT2D eigenvalue weighted by Gasteiger charge is -2.43. The van der Waals surface area contributed by atoms with Crippen molar-refractivity contribution in [1.82, 2.24) is 4.90 Å². The molecule has 2 N–H and O–H groups in total. The summed E-state index contributed by atoms with van der Waals surface area (Å²) < 4.78 is 9.65. The number of esters is 1. The Bertz CT molecular complexity index is 466. The van der Waals surface area contributed by atoms with Gasteiger partial charge in [-0.15, -0.1) is 0 Å². The van der Waals surface area contributed by atoms with Gasteiger partial charge in [0.05, 0.1) is 19.4 Å². The summed E-state index contributed by atoms with van der Waals surface area (Å²) in [6.45, 7) is -0.0871. The minimum Gasteiger partial charge on any atom is -0.468 e. The fourth-order valence-corrected chi connectivity index (χ4v) is 1.79. The number of carbonyl (C=O) groups excluding carboxylic acids is 2. The van der Waals surface area contributed by atoms with Crippen molar-refractivity contribution >= 4 is 18.0 Å². The maximum absolute atomic E-state index is 11.5. The van der Waals surface area contributed by atoms with Crippen molar-refractivity contribution in [2.24, 2.45) is 5.73 Å². The predicted octanol–water partition coefficient (Wildman–Crippen LogP) is 0.00390. The van der Waals surface area contributed by atoms with E-state index in [0.717, 1.165) is 0 Å². The third kappa shape index (κ3) is 2.28. The largest absolute Gasteiger partial charge is 0.468 e. The van der Waals surface area contributed by atoms with Gasteiger partial charge in [0.15, 0.2) is 0 Å². The molecule has 96 valence electrons. The van der Waals surface area contributed by atoms with Crippen molar-refractivity contribution in [3.63, 3.8) is 0 Å². The van der Waals surface area contributed by atoms with Crippen LogP contribution in [0, 0.1) is 0 Å². The second-order valence-electron chi connectivity index (χ2n) is 3.93. The molecule has 2 atom stereocenters. The molecule has 0 aromatic carbocycles. The number of likely N-dealkylation sites (tertiary alicyclic amines) is 1. The van der Waals surface area contributed by atoms with Crippen molar-refractivity contribution < 1.29 is 18.7 Å². The SMILES string of the molecule is COC(=O)CN1C(=O)[C@@H](N)C1/C=C/c1ccco1. The number of hydrogen-bond donors (Lipinski definition) is 1. The van der Waals surface area contributed by atoms with E-state index in [1.54, 1.807) is 30.5 Å². The van der Waals surface area contributed by atoms with Crippen LogP contribution in [0.3, 0.4) is 0 Å². The number of rotatable bonds is 4. The Morgan fingerprint density at radius 1 is 1.67 bits per heavy atom. The summed E-state index contributed by atoms with van der Waals surface area (Å²) in [5.74, 6) is -0.0549. The molecule has 6 nitrogen and oxygen atoms in total. The summed E-state index contributed by atoms with van der Waals surface area (Å²) in [4.78, 5) is 24.0. The van der Waals surface area contributed by atoms with E-state index in [0.29, 0.717) is 5.76 Å². The number of carbonyl (C=O) groups is 2. The van der Waals surface area contributed by atoms with E-state index in [1.807, 2.05) is 0 Å². The van der Waals surface area contributed by atoms with Crippen molar-refractivity contribution in [3.8, 4) is 0 Å². The highest BCUT2D eigenvalue weighted by molar-refractivity contribution is 5.93. The molecule has 1 saturated heterocycles. The monoisotopic (exact) mass is 250 g/mol. The fourth-order valence-electron chi connectivity index (χ4n) is 1.79. The molecular weight excluding hydrogens is 236 g/mol. The van der Waals surface area contributed by atoms with Crippen molar-refractivity contribution in [3.05, 3.63) is 30.2 Å². The lowest BCUT2D eigenvalue weighted by atomic mass is 9.95. The lowest BCUT2D eigenvalue weighted by Crippen LogP contribution is -2.68. The van der Waals surface area contributed by atoms with Crippen LogP contribution in [0.5, 0.6) is 0 Å². The van der Waals surface area contributed by atoms with E-state index in [-0.39, 0.29) is 18.5 Å². The Hall–Kier alpha value is -2.08. The summed E-state index contributed by atoms with van der Waals surface area (Å²) in [5.41, 5.74) is 5.69. The first-order chi connectivity index (χ1) is 8.63. The van der Waals surface area contributed by atoms with Crippen LogP contribution in [-0.2, 0) is 14.3 Å². The van der Waals surface area contributed by atoms with Gasteiger partial charge in [0.2, 0.25) is 5.91 Å². The van der Waals surface area contributed by atoms with Crippen molar-refractivity contribution in [1.29, 1.82) is 0 Å². The van der Waals surface area contributed by atoms with Crippen molar-refractivity contribution in [2.75, 3.05) is 13.7 Å². The highest BCUT2D eigenvalue weighted by Crippen LogP contribution is 2.20. The van der Waals surface area contributed by atoms with Crippen LogP contribution < -0.4 is 5.73 Å². The van der Waals surface area contributed by atoms with Gasteiger partial charge >= 0.3 is 5.97 Å². The third-order valence-corrected chi connectivity index (χ3v) is 2.82. The number of hydrogen-bond acceptors (Lipinski definition) is 5. The standard InChI is InChI=1S/C12H14N2O4/c1-17-10(15)7-14-9(11(13)12(14)16)5-4-8-3-2-6-18-8/h2-6,9,11H,7,13H2,1H3/b5-4+/t9?,11-/m0/s1. The summed E-state index contributed by atoms with van der Waals surface area (Å²) in [6, 6.07) is 2.63. The number of methoxy groups -OCH3 is 1. The fraction of sp³-hybridized carbons (Fsp3) is 0.333. The molecule has 1 aliphatic heterocycles. The van der Waals surface area contributed by atoms with Crippen LogP contribution in [-0.4, -0.2) is 42.5 Å². The second kappa shape index (κ2) is 5.05. The van der Waals surface area contributed by atoms with E-state index in [1.165, 1.54) is 12.0 Å². The predicted molar refractivity (Wildman–Crippen MR) is 63.2 cm³/mol. The van der Waals surface area contributed by atoms with E-state index >= 15 is 0 Å². The van der Waals surface area contributed by atoms with Gasteiger partial charge in [-0.25, -0.2) is 0 Å². The zero-order chi connectivity index (χ0) is 13.1. The smallest absolute Gasteiger partial charge is 0.325 e. The molecule has 2 heterocycles. The zero-order valence-corrected chi connectivity index (χ0v) is 9.91. The molecule has 2 rings (SSSR count). The first kappa shape index (κ1) is 12.4. The van der Waals surface area contributed by atoms with Crippen LogP contribution in [0.1, 0.15) is 5.76 Å². The summed E-state index contributed by atoms with van der Waals surface area (Å²) in [7, 11) is 1.28. The highest BCUT2D eigenvalue weighted by Gasteiger charge is 2.44. The molecule has 1 unspecified atom stereocenters. The molecule has 1 fully saturated rings. The van der Waals surface area contributed by atoms with Gasteiger partial charge < -0.3 is 19.8 Å². The molecule has 0 radical (unpaired) electrons. The van der Waals surface area contributed by atoms with Gasteiger partial charge in [0.1, 0.15) is 18.3 Å². The van der Waals surface area contributed by atoms with Gasteiger partial charge in [-0.3, -0.25) is 9.59 Å². The number of ether oxygens (including phenoxy) is 1. The van der Waals surface area contributed by atoms with Crippen LogP contribution in [0.15, 0.2) is 28.9 Å². The summed E-state index contributed by atoms with van der Waals surface area (Å²) in [5, 5.41) is 0. The lowest BCUT2D eigenvalue weighted by molar-refractivity contribution is -0.156. The zero-order valence-electron chi connectivity index (χ0n) is 9.91. The van der Waals surface area contributed by atoms with Crippen LogP contribution in [0.2, 0.25) is 0 Å². The number of furan rings is 1. The first-order valence-corrected chi connectivity index (χ1v) is 5.48. The Morgan fingerprint density at radius 3 is 3.06 bits per heavy atom. The number of nitrogens with zero attached hydrogens (tertiary/aromatic N) is 1. The van der Waals surface area contributed by atoms with Crippen LogP contribution in [0.25, 0.3) is 6.08 Å². The van der Waals surface area contributed by atoms with E-state index < -0.39 is 12.0 Å². The van der Waals surface area contributed by atoms with Crippen LogP contribution in [0.4, 0.5) is 0 Å². The maximum atomic E-state index is 11.5. The minimum atomic E-state index is -0.610. The number of β-lactam (4-membered cyclic amide) rings is 1. The average Bonchev–Trinajstić information content (AvgIpc) is 2.89. The highest BCUT2D eigenvalue weighted by atomic mass is 16.5. The molecule has 18 heavy (non-hydrogen) atoms.